The van der Waals surface area contributed by atoms with Crippen molar-refractivity contribution in [3.05, 3.63) is 66.4 Å². The lowest BCUT2D eigenvalue weighted by molar-refractivity contribution is 0.176. The van der Waals surface area contributed by atoms with Gasteiger partial charge in [0.05, 0.1) is 6.10 Å². The molecule has 0 bridgehead atoms. The normalized spacial score (nSPS) is 12.5. The number of halogens is 4. The number of aliphatic hydroxyl groups is 1. The van der Waals surface area contributed by atoms with Crippen LogP contribution < -0.4 is 0 Å². The lowest BCUT2D eigenvalue weighted by Crippen LogP contribution is -2.05. The van der Waals surface area contributed by atoms with Crippen molar-refractivity contribution < 1.29 is 9.50 Å². The van der Waals surface area contributed by atoms with Crippen molar-refractivity contribution in [1.82, 2.24) is 0 Å². The highest BCUT2D eigenvalue weighted by molar-refractivity contribution is 14.1. The summed E-state index contributed by atoms with van der Waals surface area (Å²) in [4.78, 5) is 0. The number of rotatable bonds is 3. The summed E-state index contributed by atoms with van der Waals surface area (Å²) >= 11 is 11.2. The van der Waals surface area contributed by atoms with Crippen LogP contribution in [0.1, 0.15) is 17.2 Å². The first-order valence-electron chi connectivity index (χ1n) is 5.54. The molecule has 19 heavy (non-hydrogen) atoms. The molecule has 0 amide bonds. The zero-order valence-electron chi connectivity index (χ0n) is 9.71. The molecule has 0 heterocycles. The Kier molecular flexibility index (Phi) is 5.22. The predicted molar refractivity (Wildman–Crippen MR) is 86.9 cm³/mol. The molecule has 0 aromatic heterocycles. The molecule has 0 aliphatic carbocycles. The standard InChI is InChI=1S/C14H10BrClFIO/c15-9-2-4-13(18)11(6-9)14(19)5-8-1-3-10(16)7-12(8)17/h1-4,6-7,14,19H,5H2. The van der Waals surface area contributed by atoms with Gasteiger partial charge in [0.25, 0.3) is 0 Å². The summed E-state index contributed by atoms with van der Waals surface area (Å²) in [6.45, 7) is 0. The first-order valence-corrected chi connectivity index (χ1v) is 7.79. The molecule has 1 unspecified atom stereocenters. The lowest BCUT2D eigenvalue weighted by atomic mass is 10.0. The highest BCUT2D eigenvalue weighted by Crippen LogP contribution is 2.27. The van der Waals surface area contributed by atoms with Gasteiger partial charge in [-0.25, -0.2) is 4.39 Å². The third kappa shape index (κ3) is 3.90. The van der Waals surface area contributed by atoms with Crippen molar-refractivity contribution in [1.29, 1.82) is 0 Å². The number of hydrogen-bond donors (Lipinski definition) is 1. The zero-order chi connectivity index (χ0) is 14.0. The number of aliphatic hydroxyl groups excluding tert-OH is 1. The Morgan fingerprint density at radius 3 is 2.68 bits per heavy atom. The van der Waals surface area contributed by atoms with Crippen LogP contribution in [0.4, 0.5) is 4.39 Å². The summed E-state index contributed by atoms with van der Waals surface area (Å²) in [5.41, 5.74) is 1.23. The third-order valence-electron chi connectivity index (χ3n) is 2.75. The molecule has 0 aliphatic rings. The van der Waals surface area contributed by atoms with E-state index in [4.69, 9.17) is 11.6 Å². The van der Waals surface area contributed by atoms with Gasteiger partial charge in [0.1, 0.15) is 5.82 Å². The minimum Gasteiger partial charge on any atom is -0.388 e. The first-order chi connectivity index (χ1) is 8.97. The van der Waals surface area contributed by atoms with Crippen LogP contribution in [0.5, 0.6) is 0 Å². The quantitative estimate of drug-likeness (QED) is 0.637. The molecule has 2 rings (SSSR count). The molecule has 0 saturated carbocycles. The highest BCUT2D eigenvalue weighted by atomic mass is 127. The molecule has 2 aromatic rings. The molecule has 1 N–H and O–H groups in total. The van der Waals surface area contributed by atoms with E-state index in [1.165, 1.54) is 6.07 Å². The Balaban J connectivity index is 2.25. The maximum Gasteiger partial charge on any atom is 0.127 e. The third-order valence-corrected chi connectivity index (χ3v) is 4.46. The fraction of sp³-hybridized carbons (Fsp3) is 0.143. The van der Waals surface area contributed by atoms with E-state index in [1.807, 2.05) is 18.2 Å². The largest absolute Gasteiger partial charge is 0.388 e. The summed E-state index contributed by atoms with van der Waals surface area (Å²) < 4.78 is 15.5. The predicted octanol–water partition coefficient (Wildman–Crippen LogP) is 5.12. The van der Waals surface area contributed by atoms with Gasteiger partial charge in [0.15, 0.2) is 0 Å². The lowest BCUT2D eigenvalue weighted by Gasteiger charge is -2.14. The average molecular weight is 455 g/mol. The summed E-state index contributed by atoms with van der Waals surface area (Å²) in [5, 5.41) is 10.6. The van der Waals surface area contributed by atoms with Crippen LogP contribution in [-0.4, -0.2) is 5.11 Å². The molecule has 0 spiro atoms. The summed E-state index contributed by atoms with van der Waals surface area (Å²) in [6, 6.07) is 10.1. The minimum absolute atomic E-state index is 0.218. The van der Waals surface area contributed by atoms with E-state index in [0.717, 1.165) is 13.6 Å². The SMILES string of the molecule is OC(Cc1ccc(Cl)cc1F)c1cc(Br)ccc1I. The Labute approximate surface area is 138 Å². The van der Waals surface area contributed by atoms with Gasteiger partial charge in [-0.2, -0.15) is 0 Å². The van der Waals surface area contributed by atoms with Crippen LogP contribution in [0.15, 0.2) is 40.9 Å². The fourth-order valence-corrected chi connectivity index (χ4v) is 3.01. The van der Waals surface area contributed by atoms with Crippen LogP contribution in [0.25, 0.3) is 0 Å². The molecular weight excluding hydrogens is 445 g/mol. The van der Waals surface area contributed by atoms with Crippen molar-refractivity contribution in [3.63, 3.8) is 0 Å². The first kappa shape index (κ1) is 15.2. The van der Waals surface area contributed by atoms with Crippen molar-refractivity contribution in [2.75, 3.05) is 0 Å². The van der Waals surface area contributed by atoms with Gasteiger partial charge < -0.3 is 5.11 Å². The summed E-state index contributed by atoms with van der Waals surface area (Å²) in [7, 11) is 0. The summed E-state index contributed by atoms with van der Waals surface area (Å²) in [5.74, 6) is -0.392. The maximum absolute atomic E-state index is 13.7. The molecular formula is C14H10BrClFIO. The van der Waals surface area contributed by atoms with E-state index in [9.17, 15) is 9.50 Å². The van der Waals surface area contributed by atoms with Crippen molar-refractivity contribution in [3.8, 4) is 0 Å². The van der Waals surface area contributed by atoms with E-state index in [0.29, 0.717) is 10.6 Å². The van der Waals surface area contributed by atoms with Crippen molar-refractivity contribution in [2.24, 2.45) is 0 Å². The van der Waals surface area contributed by atoms with Gasteiger partial charge in [0.2, 0.25) is 0 Å². The van der Waals surface area contributed by atoms with E-state index in [1.54, 1.807) is 12.1 Å². The molecule has 0 radical (unpaired) electrons. The van der Waals surface area contributed by atoms with Gasteiger partial charge in [0, 0.05) is 19.5 Å². The molecule has 1 atom stereocenters. The number of benzene rings is 2. The molecule has 0 aliphatic heterocycles. The second-order valence-corrected chi connectivity index (χ2v) is 6.64. The van der Waals surface area contributed by atoms with Crippen LogP contribution in [0, 0.1) is 9.39 Å². The monoisotopic (exact) mass is 454 g/mol. The van der Waals surface area contributed by atoms with Gasteiger partial charge in [-0.15, -0.1) is 0 Å². The minimum atomic E-state index is -0.750. The van der Waals surface area contributed by atoms with Gasteiger partial charge in [-0.05, 0) is 64.0 Å². The Morgan fingerprint density at radius 2 is 2.00 bits per heavy atom. The molecule has 0 fully saturated rings. The van der Waals surface area contributed by atoms with Crippen LogP contribution in [0.2, 0.25) is 5.02 Å². The van der Waals surface area contributed by atoms with Gasteiger partial charge >= 0.3 is 0 Å². The second kappa shape index (κ2) is 6.52. The zero-order valence-corrected chi connectivity index (χ0v) is 14.2. The second-order valence-electron chi connectivity index (χ2n) is 4.12. The van der Waals surface area contributed by atoms with Crippen LogP contribution >= 0.6 is 50.1 Å². The smallest absolute Gasteiger partial charge is 0.127 e. The maximum atomic E-state index is 13.7. The Bertz CT molecular complexity index is 606. The topological polar surface area (TPSA) is 20.2 Å². The van der Waals surface area contributed by atoms with Crippen molar-refractivity contribution >= 4 is 50.1 Å². The van der Waals surface area contributed by atoms with E-state index in [-0.39, 0.29) is 6.42 Å². The van der Waals surface area contributed by atoms with Gasteiger partial charge in [-0.3, -0.25) is 0 Å². The van der Waals surface area contributed by atoms with Gasteiger partial charge in [-0.1, -0.05) is 33.6 Å². The van der Waals surface area contributed by atoms with Crippen LogP contribution in [-0.2, 0) is 6.42 Å². The molecule has 2 aromatic carbocycles. The highest BCUT2D eigenvalue weighted by Gasteiger charge is 2.15. The molecule has 0 saturated heterocycles. The Hall–Kier alpha value is -0.170. The average Bonchev–Trinajstić information content (AvgIpc) is 2.35. The fourth-order valence-electron chi connectivity index (χ4n) is 1.78. The van der Waals surface area contributed by atoms with Crippen molar-refractivity contribution in [2.45, 2.75) is 12.5 Å². The summed E-state index contributed by atoms with van der Waals surface area (Å²) in [6.07, 6.45) is -0.532. The van der Waals surface area contributed by atoms with E-state index >= 15 is 0 Å². The van der Waals surface area contributed by atoms with E-state index in [2.05, 4.69) is 38.5 Å². The molecule has 1 nitrogen and oxygen atoms in total. The number of hydrogen-bond acceptors (Lipinski definition) is 1. The molecule has 100 valence electrons. The molecule has 5 heteroatoms. The van der Waals surface area contributed by atoms with Crippen LogP contribution in [0.3, 0.4) is 0 Å². The van der Waals surface area contributed by atoms with E-state index < -0.39 is 11.9 Å². The Morgan fingerprint density at radius 1 is 1.26 bits per heavy atom.